The Balaban J connectivity index is 1.73. The molecule has 0 bridgehead atoms. The van der Waals surface area contributed by atoms with E-state index in [1.807, 2.05) is 36.4 Å². The van der Waals surface area contributed by atoms with Crippen molar-refractivity contribution in [1.82, 2.24) is 15.2 Å². The van der Waals surface area contributed by atoms with Crippen molar-refractivity contribution in [3.05, 3.63) is 72.3 Å². The number of esters is 1. The Morgan fingerprint density at radius 1 is 1.24 bits per heavy atom. The number of hydrogen-bond donors (Lipinski definition) is 1. The first-order chi connectivity index (χ1) is 14.2. The summed E-state index contributed by atoms with van der Waals surface area (Å²) in [5.74, 6) is 0.683. The second-order valence-corrected chi connectivity index (χ2v) is 7.14. The van der Waals surface area contributed by atoms with E-state index in [-0.39, 0.29) is 5.97 Å². The topological polar surface area (TPSA) is 86.2 Å². The van der Waals surface area contributed by atoms with E-state index >= 15 is 0 Å². The van der Waals surface area contributed by atoms with Crippen molar-refractivity contribution in [3.8, 4) is 17.1 Å². The Morgan fingerprint density at radius 3 is 2.79 bits per heavy atom. The number of thioether (sulfide) groups is 1. The second kappa shape index (κ2) is 8.32. The van der Waals surface area contributed by atoms with Crippen LogP contribution in [0, 0.1) is 0 Å². The number of aromatic nitrogens is 3. The van der Waals surface area contributed by atoms with Crippen molar-refractivity contribution < 1.29 is 14.3 Å². The van der Waals surface area contributed by atoms with Crippen LogP contribution in [-0.4, -0.2) is 34.0 Å². The van der Waals surface area contributed by atoms with Crippen LogP contribution in [0.1, 0.15) is 22.1 Å². The van der Waals surface area contributed by atoms with Crippen molar-refractivity contribution in [2.45, 2.75) is 11.4 Å². The zero-order valence-electron chi connectivity index (χ0n) is 15.7. The molecule has 8 heteroatoms. The minimum atomic E-state index is -0.516. The molecular weight excluding hydrogens is 388 g/mol. The molecule has 1 atom stereocenters. The molecule has 0 amide bonds. The van der Waals surface area contributed by atoms with E-state index in [9.17, 15) is 4.79 Å². The first kappa shape index (κ1) is 18.9. The normalized spacial score (nSPS) is 14.4. The lowest BCUT2D eigenvalue weighted by molar-refractivity contribution is 0.0600. The second-order valence-electron chi connectivity index (χ2n) is 6.15. The molecule has 0 unspecified atom stereocenters. The third-order valence-electron chi connectivity index (χ3n) is 4.30. The van der Waals surface area contributed by atoms with Gasteiger partial charge in [-0.05, 0) is 18.2 Å². The van der Waals surface area contributed by atoms with Gasteiger partial charge in [0.25, 0.3) is 0 Å². The highest BCUT2D eigenvalue weighted by Crippen LogP contribution is 2.39. The maximum absolute atomic E-state index is 11.7. The van der Waals surface area contributed by atoms with E-state index in [0.717, 1.165) is 16.8 Å². The summed E-state index contributed by atoms with van der Waals surface area (Å²) in [6.45, 7) is 3.71. The summed E-state index contributed by atoms with van der Waals surface area (Å²) in [7, 11) is 1.36. The summed E-state index contributed by atoms with van der Waals surface area (Å²) in [6, 6.07) is 14.8. The summed E-state index contributed by atoms with van der Waals surface area (Å²) in [6.07, 6.45) is 1.27. The fourth-order valence-corrected chi connectivity index (χ4v) is 3.42. The number of nitrogens with zero attached hydrogens (tertiary/aromatic N) is 3. The van der Waals surface area contributed by atoms with Crippen LogP contribution in [0.5, 0.6) is 5.88 Å². The van der Waals surface area contributed by atoms with Crippen LogP contribution in [0.2, 0.25) is 0 Å². The minimum absolute atomic E-state index is 0.386. The van der Waals surface area contributed by atoms with Crippen molar-refractivity contribution in [1.29, 1.82) is 0 Å². The monoisotopic (exact) mass is 406 g/mol. The molecule has 2 aromatic carbocycles. The number of rotatable bonds is 5. The SMILES string of the molecule is C=CCSc1nnc2c(n1)O[C@@H](c1ccc(C(=O)OC)cc1)Nc1ccccc1-2. The van der Waals surface area contributed by atoms with Gasteiger partial charge in [-0.25, -0.2) is 4.79 Å². The molecule has 1 aromatic heterocycles. The molecule has 4 rings (SSSR count). The third-order valence-corrected chi connectivity index (χ3v) is 5.13. The lowest BCUT2D eigenvalue weighted by Gasteiger charge is -2.19. The predicted molar refractivity (Wildman–Crippen MR) is 111 cm³/mol. The number of nitrogens with one attached hydrogen (secondary N) is 1. The van der Waals surface area contributed by atoms with Crippen LogP contribution in [0.3, 0.4) is 0 Å². The maximum atomic E-state index is 11.7. The number of benzene rings is 2. The predicted octanol–water partition coefficient (Wildman–Crippen LogP) is 4.11. The number of methoxy groups -OCH3 is 1. The molecule has 3 aromatic rings. The number of para-hydroxylation sites is 1. The van der Waals surface area contributed by atoms with Gasteiger partial charge < -0.3 is 14.8 Å². The van der Waals surface area contributed by atoms with E-state index in [1.165, 1.54) is 18.9 Å². The Morgan fingerprint density at radius 2 is 2.03 bits per heavy atom. The van der Waals surface area contributed by atoms with Gasteiger partial charge in [0.2, 0.25) is 11.0 Å². The first-order valence-electron chi connectivity index (χ1n) is 8.89. The van der Waals surface area contributed by atoms with E-state index in [1.54, 1.807) is 18.2 Å². The van der Waals surface area contributed by atoms with Crippen molar-refractivity contribution in [2.75, 3.05) is 18.2 Å². The molecule has 29 heavy (non-hydrogen) atoms. The molecule has 146 valence electrons. The van der Waals surface area contributed by atoms with Crippen molar-refractivity contribution >= 4 is 23.4 Å². The number of ether oxygens (including phenoxy) is 2. The van der Waals surface area contributed by atoms with Gasteiger partial charge in [0.15, 0.2) is 11.9 Å². The lowest BCUT2D eigenvalue weighted by atomic mass is 10.1. The average Bonchev–Trinajstić information content (AvgIpc) is 2.93. The smallest absolute Gasteiger partial charge is 0.337 e. The Kier molecular flexibility index (Phi) is 5.44. The van der Waals surface area contributed by atoms with Crippen LogP contribution < -0.4 is 10.1 Å². The Labute approximate surface area is 172 Å². The summed E-state index contributed by atoms with van der Waals surface area (Å²) in [5, 5.41) is 12.5. The maximum Gasteiger partial charge on any atom is 0.337 e. The van der Waals surface area contributed by atoms with Gasteiger partial charge in [-0.1, -0.05) is 48.2 Å². The van der Waals surface area contributed by atoms with Gasteiger partial charge in [0.05, 0.1) is 12.7 Å². The molecule has 1 aliphatic rings. The molecule has 0 spiro atoms. The molecule has 0 saturated heterocycles. The molecule has 1 N–H and O–H groups in total. The van der Waals surface area contributed by atoms with Crippen molar-refractivity contribution in [2.24, 2.45) is 0 Å². The quantitative estimate of drug-likeness (QED) is 0.385. The zero-order chi connectivity index (χ0) is 20.2. The number of fused-ring (bicyclic) bond motifs is 3. The molecule has 0 fully saturated rings. The van der Waals surface area contributed by atoms with Crippen LogP contribution in [0.25, 0.3) is 11.3 Å². The largest absolute Gasteiger partial charge is 0.465 e. The number of anilines is 1. The standard InChI is InChI=1S/C21H18N4O3S/c1-3-12-29-21-23-19-17(24-25-21)15-6-4-5-7-16(15)22-18(28-19)13-8-10-14(11-9-13)20(26)27-2/h3-11,18,22H,1,12H2,2H3/t18-/m0/s1. The lowest BCUT2D eigenvalue weighted by Crippen LogP contribution is -2.17. The van der Waals surface area contributed by atoms with Gasteiger partial charge in [0.1, 0.15) is 0 Å². The summed E-state index contributed by atoms with van der Waals surface area (Å²) in [4.78, 5) is 16.3. The number of carbonyl (C=O) groups is 1. The summed E-state index contributed by atoms with van der Waals surface area (Å²) >= 11 is 1.43. The molecular formula is C21H18N4O3S. The third kappa shape index (κ3) is 3.93. The van der Waals surface area contributed by atoms with Gasteiger partial charge in [0, 0.05) is 22.6 Å². The van der Waals surface area contributed by atoms with E-state index < -0.39 is 6.23 Å². The molecule has 2 heterocycles. The summed E-state index contributed by atoms with van der Waals surface area (Å²) in [5.41, 5.74) is 3.59. The highest BCUT2D eigenvalue weighted by atomic mass is 32.2. The van der Waals surface area contributed by atoms with Gasteiger partial charge in [-0.2, -0.15) is 4.98 Å². The van der Waals surface area contributed by atoms with E-state index in [2.05, 4.69) is 27.1 Å². The average molecular weight is 406 g/mol. The van der Waals surface area contributed by atoms with Gasteiger partial charge in [-0.15, -0.1) is 16.8 Å². The minimum Gasteiger partial charge on any atom is -0.465 e. The van der Waals surface area contributed by atoms with E-state index in [0.29, 0.717) is 28.0 Å². The Bertz CT molecular complexity index is 1060. The molecule has 0 aliphatic carbocycles. The van der Waals surface area contributed by atoms with Crippen LogP contribution in [0.15, 0.2) is 66.3 Å². The highest BCUT2D eigenvalue weighted by molar-refractivity contribution is 7.99. The summed E-state index contributed by atoms with van der Waals surface area (Å²) < 4.78 is 11.0. The van der Waals surface area contributed by atoms with Crippen LogP contribution >= 0.6 is 11.8 Å². The van der Waals surface area contributed by atoms with Crippen LogP contribution in [-0.2, 0) is 4.74 Å². The Hall–Kier alpha value is -3.39. The molecule has 7 nitrogen and oxygen atoms in total. The van der Waals surface area contributed by atoms with Crippen LogP contribution in [0.4, 0.5) is 5.69 Å². The van der Waals surface area contributed by atoms with Gasteiger partial charge >= 0.3 is 5.97 Å². The number of carbonyl (C=O) groups excluding carboxylic acids is 1. The first-order valence-corrected chi connectivity index (χ1v) is 9.87. The molecule has 0 radical (unpaired) electrons. The molecule has 1 aliphatic heterocycles. The van der Waals surface area contributed by atoms with Gasteiger partial charge in [-0.3, -0.25) is 0 Å². The number of hydrogen-bond acceptors (Lipinski definition) is 8. The zero-order valence-corrected chi connectivity index (χ0v) is 16.5. The highest BCUT2D eigenvalue weighted by Gasteiger charge is 2.26. The fraction of sp³-hybridized carbons (Fsp3) is 0.143. The van der Waals surface area contributed by atoms with Crippen molar-refractivity contribution in [3.63, 3.8) is 0 Å². The molecule has 0 saturated carbocycles. The van der Waals surface area contributed by atoms with E-state index in [4.69, 9.17) is 9.47 Å². The fourth-order valence-electron chi connectivity index (χ4n) is 2.90.